The third-order valence-electron chi connectivity index (χ3n) is 4.09. The van der Waals surface area contributed by atoms with Crippen LogP contribution in [0.1, 0.15) is 31.6 Å². The molecule has 1 aromatic carbocycles. The van der Waals surface area contributed by atoms with Crippen LogP contribution in [0.15, 0.2) is 18.2 Å². The Labute approximate surface area is 123 Å². The number of carbonyl (C=O) groups excluding carboxylic acids is 1. The van der Waals surface area contributed by atoms with Gasteiger partial charge in [-0.15, -0.1) is 0 Å². The van der Waals surface area contributed by atoms with Crippen LogP contribution in [-0.4, -0.2) is 38.6 Å². The zero-order valence-electron chi connectivity index (χ0n) is 12.1. The van der Waals surface area contributed by atoms with Crippen LogP contribution in [0.3, 0.4) is 0 Å². The lowest BCUT2D eigenvalue weighted by Gasteiger charge is -2.23. The van der Waals surface area contributed by atoms with Gasteiger partial charge >= 0.3 is 0 Å². The van der Waals surface area contributed by atoms with Crippen LogP contribution in [0.4, 0.5) is 5.69 Å². The molecule has 1 fully saturated rings. The molecule has 6 nitrogen and oxygen atoms in total. The Morgan fingerprint density at radius 3 is 2.81 bits per heavy atom. The topological polar surface area (TPSA) is 84.4 Å². The zero-order chi connectivity index (χ0) is 15.0. The number of amides is 1. The second-order valence-electron chi connectivity index (χ2n) is 5.51. The Balaban J connectivity index is 2.03. The minimum absolute atomic E-state index is 0.0818. The Kier molecular flexibility index (Phi) is 3.55. The summed E-state index contributed by atoms with van der Waals surface area (Å²) in [5.74, 6) is 0.578. The number of fused-ring (bicyclic) bond motifs is 1. The first-order valence-electron chi connectivity index (χ1n) is 7.28. The number of likely N-dealkylation sites (tertiary alicyclic amines) is 1. The summed E-state index contributed by atoms with van der Waals surface area (Å²) in [5.41, 5.74) is 7.93. The molecule has 1 aliphatic heterocycles. The maximum atomic E-state index is 12.6. The summed E-state index contributed by atoms with van der Waals surface area (Å²) in [5, 5.41) is 9.55. The average Bonchev–Trinajstić information content (AvgIpc) is 3.12. The summed E-state index contributed by atoms with van der Waals surface area (Å²) in [6.07, 6.45) is 2.12. The molecule has 2 aromatic rings. The molecule has 1 aliphatic rings. The Morgan fingerprint density at radius 2 is 2.14 bits per heavy atom. The number of imidazole rings is 1. The zero-order valence-corrected chi connectivity index (χ0v) is 12.1. The number of aliphatic hydroxyl groups is 1. The van der Waals surface area contributed by atoms with Crippen LogP contribution in [0, 0.1) is 0 Å². The molecule has 0 radical (unpaired) electrons. The number of hydrogen-bond donors (Lipinski definition) is 2. The molecule has 1 amide bonds. The first kappa shape index (κ1) is 13.9. The quantitative estimate of drug-likeness (QED) is 0.834. The minimum Gasteiger partial charge on any atom is -0.399 e. The van der Waals surface area contributed by atoms with E-state index < -0.39 is 0 Å². The Morgan fingerprint density at radius 1 is 1.43 bits per heavy atom. The van der Waals surface area contributed by atoms with Gasteiger partial charge in [0.1, 0.15) is 18.5 Å². The number of nitrogens with zero attached hydrogens (tertiary/aromatic N) is 3. The lowest BCUT2D eigenvalue weighted by molar-refractivity contribution is -0.133. The summed E-state index contributed by atoms with van der Waals surface area (Å²) in [6, 6.07) is 5.02. The molecule has 21 heavy (non-hydrogen) atoms. The summed E-state index contributed by atoms with van der Waals surface area (Å²) >= 11 is 0. The third kappa shape index (κ3) is 2.35. The number of nitrogens with two attached hydrogens (primary N) is 1. The molecular weight excluding hydrogens is 268 g/mol. The first-order valence-corrected chi connectivity index (χ1v) is 7.28. The molecule has 0 aliphatic carbocycles. The fraction of sp³-hybridized carbons (Fsp3) is 0.467. The molecule has 1 unspecified atom stereocenters. The molecule has 0 bridgehead atoms. The van der Waals surface area contributed by atoms with E-state index in [9.17, 15) is 9.90 Å². The largest absolute Gasteiger partial charge is 0.399 e. The van der Waals surface area contributed by atoms with Crippen LogP contribution in [0.25, 0.3) is 11.0 Å². The monoisotopic (exact) mass is 288 g/mol. The van der Waals surface area contributed by atoms with Crippen molar-refractivity contribution in [1.82, 2.24) is 14.5 Å². The molecule has 3 N–H and O–H groups in total. The van der Waals surface area contributed by atoms with Crippen molar-refractivity contribution in [2.24, 2.45) is 0 Å². The molecule has 3 rings (SSSR count). The highest BCUT2D eigenvalue weighted by Gasteiger charge is 2.27. The van der Waals surface area contributed by atoms with Crippen molar-refractivity contribution >= 4 is 22.6 Å². The molecule has 0 saturated carbocycles. The molecular formula is C15H20N4O2. The van der Waals surface area contributed by atoms with E-state index in [1.54, 1.807) is 12.1 Å². The van der Waals surface area contributed by atoms with Crippen LogP contribution in [-0.2, 0) is 11.4 Å². The van der Waals surface area contributed by atoms with E-state index in [0.717, 1.165) is 31.4 Å². The van der Waals surface area contributed by atoms with E-state index in [-0.39, 0.29) is 18.6 Å². The molecule has 0 spiro atoms. The summed E-state index contributed by atoms with van der Waals surface area (Å²) in [6.45, 7) is 3.29. The highest BCUT2D eigenvalue weighted by Crippen LogP contribution is 2.25. The van der Waals surface area contributed by atoms with Crippen LogP contribution in [0.5, 0.6) is 0 Å². The standard InChI is InChI=1S/C15H20N4O2/c1-10(15(21)18-6-2-3-7-18)19-13-5-4-11(16)8-12(13)17-14(19)9-20/h4-5,8,10,20H,2-3,6-7,9,16H2,1H3. The highest BCUT2D eigenvalue weighted by molar-refractivity contribution is 5.85. The Bertz CT molecular complexity index is 674. The maximum Gasteiger partial charge on any atom is 0.245 e. The van der Waals surface area contributed by atoms with Gasteiger partial charge in [-0.05, 0) is 38.0 Å². The number of carbonyl (C=O) groups is 1. The predicted molar refractivity (Wildman–Crippen MR) is 80.6 cm³/mol. The van der Waals surface area contributed by atoms with E-state index >= 15 is 0 Å². The lowest BCUT2D eigenvalue weighted by atomic mass is 10.2. The van der Waals surface area contributed by atoms with Gasteiger partial charge in [0.2, 0.25) is 5.91 Å². The van der Waals surface area contributed by atoms with Gasteiger partial charge in [0.25, 0.3) is 0 Å². The van der Waals surface area contributed by atoms with E-state index in [0.29, 0.717) is 17.0 Å². The predicted octanol–water partition coefficient (Wildman–Crippen LogP) is 1.29. The van der Waals surface area contributed by atoms with Crippen molar-refractivity contribution in [2.75, 3.05) is 18.8 Å². The third-order valence-corrected chi connectivity index (χ3v) is 4.09. The fourth-order valence-corrected chi connectivity index (χ4v) is 3.02. The lowest BCUT2D eigenvalue weighted by Crippen LogP contribution is -2.34. The number of rotatable bonds is 3. The number of hydrogen-bond acceptors (Lipinski definition) is 4. The smallest absolute Gasteiger partial charge is 0.245 e. The molecule has 2 heterocycles. The number of anilines is 1. The first-order chi connectivity index (χ1) is 10.1. The average molecular weight is 288 g/mol. The SMILES string of the molecule is CC(C(=O)N1CCCC1)n1c(CO)nc2cc(N)ccc21. The molecule has 1 aromatic heterocycles. The summed E-state index contributed by atoms with van der Waals surface area (Å²) < 4.78 is 1.81. The van der Waals surface area contributed by atoms with Gasteiger partial charge < -0.3 is 20.3 Å². The van der Waals surface area contributed by atoms with E-state index in [4.69, 9.17) is 5.73 Å². The number of benzene rings is 1. The van der Waals surface area contributed by atoms with E-state index in [1.807, 2.05) is 22.5 Å². The van der Waals surface area contributed by atoms with Gasteiger partial charge in [0, 0.05) is 18.8 Å². The molecule has 112 valence electrons. The molecule has 1 saturated heterocycles. The van der Waals surface area contributed by atoms with Crippen molar-refractivity contribution in [1.29, 1.82) is 0 Å². The van der Waals surface area contributed by atoms with E-state index in [1.165, 1.54) is 0 Å². The molecule has 6 heteroatoms. The van der Waals surface area contributed by atoms with Gasteiger partial charge in [0.05, 0.1) is 11.0 Å². The number of aliphatic hydroxyl groups excluding tert-OH is 1. The van der Waals surface area contributed by atoms with Crippen molar-refractivity contribution in [3.63, 3.8) is 0 Å². The van der Waals surface area contributed by atoms with Gasteiger partial charge in [0.15, 0.2) is 0 Å². The van der Waals surface area contributed by atoms with Crippen molar-refractivity contribution in [3.05, 3.63) is 24.0 Å². The highest BCUT2D eigenvalue weighted by atomic mass is 16.3. The van der Waals surface area contributed by atoms with Crippen molar-refractivity contribution < 1.29 is 9.90 Å². The second kappa shape index (κ2) is 5.37. The van der Waals surface area contributed by atoms with Gasteiger partial charge in [-0.2, -0.15) is 0 Å². The normalized spacial score (nSPS) is 16.6. The number of nitrogen functional groups attached to an aromatic ring is 1. The van der Waals surface area contributed by atoms with Crippen LogP contribution < -0.4 is 5.73 Å². The van der Waals surface area contributed by atoms with Crippen LogP contribution >= 0.6 is 0 Å². The van der Waals surface area contributed by atoms with E-state index in [2.05, 4.69) is 4.98 Å². The number of aromatic nitrogens is 2. The summed E-state index contributed by atoms with van der Waals surface area (Å²) in [4.78, 5) is 18.9. The fourth-order valence-electron chi connectivity index (χ4n) is 3.02. The molecule has 1 atom stereocenters. The maximum absolute atomic E-state index is 12.6. The van der Waals surface area contributed by atoms with Gasteiger partial charge in [-0.1, -0.05) is 0 Å². The van der Waals surface area contributed by atoms with Crippen LogP contribution in [0.2, 0.25) is 0 Å². The second-order valence-corrected chi connectivity index (χ2v) is 5.51. The summed E-state index contributed by atoms with van der Waals surface area (Å²) in [7, 11) is 0. The van der Waals surface area contributed by atoms with Crippen molar-refractivity contribution in [2.45, 2.75) is 32.4 Å². The minimum atomic E-state index is -0.376. The van der Waals surface area contributed by atoms with Gasteiger partial charge in [-0.25, -0.2) is 4.98 Å². The van der Waals surface area contributed by atoms with Gasteiger partial charge in [-0.3, -0.25) is 4.79 Å². The Hall–Kier alpha value is -2.08. The van der Waals surface area contributed by atoms with Crippen molar-refractivity contribution in [3.8, 4) is 0 Å².